The first kappa shape index (κ1) is 19.9. The van der Waals surface area contributed by atoms with Crippen molar-refractivity contribution in [2.75, 3.05) is 53.0 Å². The van der Waals surface area contributed by atoms with Gasteiger partial charge < -0.3 is 14.4 Å². The van der Waals surface area contributed by atoms with Crippen LogP contribution in [0.25, 0.3) is 0 Å². The fraction of sp³-hybridized carbons (Fsp3) is 0.882. The highest BCUT2D eigenvalue weighted by atomic mass is 16.5. The third kappa shape index (κ3) is 6.87. The first-order valence-corrected chi connectivity index (χ1v) is 8.43. The van der Waals surface area contributed by atoms with Crippen molar-refractivity contribution >= 4 is 11.9 Å². The van der Waals surface area contributed by atoms with Gasteiger partial charge in [0.15, 0.2) is 0 Å². The van der Waals surface area contributed by atoms with E-state index in [-0.39, 0.29) is 17.8 Å². The molecule has 1 rings (SSSR count). The van der Waals surface area contributed by atoms with E-state index in [4.69, 9.17) is 9.47 Å². The fourth-order valence-electron chi connectivity index (χ4n) is 2.67. The molecular formula is C17H32N2O4. The van der Waals surface area contributed by atoms with Gasteiger partial charge in [-0.25, -0.2) is 0 Å². The average molecular weight is 328 g/mol. The lowest BCUT2D eigenvalue weighted by Crippen LogP contribution is -2.45. The fourth-order valence-corrected chi connectivity index (χ4v) is 2.67. The molecule has 6 heteroatoms. The molecule has 0 N–H and O–H groups in total. The lowest BCUT2D eigenvalue weighted by molar-refractivity contribution is -0.148. The summed E-state index contributed by atoms with van der Waals surface area (Å²) in [5.41, 5.74) is -0.450. The molecule has 1 fully saturated rings. The van der Waals surface area contributed by atoms with E-state index in [1.165, 1.54) is 7.11 Å². The Morgan fingerprint density at radius 1 is 1.26 bits per heavy atom. The Hall–Kier alpha value is -1.14. The molecule has 0 aromatic heterocycles. The second kappa shape index (κ2) is 9.23. The number of hydrogen-bond donors (Lipinski definition) is 0. The average Bonchev–Trinajstić information content (AvgIpc) is 2.52. The largest absolute Gasteiger partial charge is 0.469 e. The Labute approximate surface area is 140 Å². The van der Waals surface area contributed by atoms with Crippen LogP contribution in [0, 0.1) is 11.3 Å². The first-order valence-electron chi connectivity index (χ1n) is 8.43. The Kier molecular flexibility index (Phi) is 7.99. The van der Waals surface area contributed by atoms with E-state index in [0.717, 1.165) is 39.3 Å². The summed E-state index contributed by atoms with van der Waals surface area (Å²) in [6.07, 6.45) is 0.899. The topological polar surface area (TPSA) is 59.1 Å². The summed E-state index contributed by atoms with van der Waals surface area (Å²) in [5.74, 6) is -0.505. The van der Waals surface area contributed by atoms with Crippen LogP contribution >= 0.6 is 0 Å². The maximum absolute atomic E-state index is 12.6. The van der Waals surface area contributed by atoms with Gasteiger partial charge in [-0.3, -0.25) is 14.5 Å². The second-order valence-corrected chi connectivity index (χ2v) is 7.23. The third-order valence-corrected chi connectivity index (χ3v) is 4.03. The standard InChI is InChI=1S/C17H32N2O4/c1-14(15(20)22-5)13-19(16(21)17(2,3)4)8-6-7-18-9-11-23-12-10-18/h14H,6-13H2,1-5H3. The third-order valence-electron chi connectivity index (χ3n) is 4.03. The van der Waals surface area contributed by atoms with Gasteiger partial charge >= 0.3 is 5.97 Å². The van der Waals surface area contributed by atoms with Gasteiger partial charge in [-0.05, 0) is 6.42 Å². The predicted octanol–water partition coefficient (Wildman–Crippen LogP) is 1.39. The van der Waals surface area contributed by atoms with Gasteiger partial charge in [-0.1, -0.05) is 27.7 Å². The number of methoxy groups -OCH3 is 1. The molecule has 23 heavy (non-hydrogen) atoms. The number of amides is 1. The van der Waals surface area contributed by atoms with Crippen molar-refractivity contribution in [1.29, 1.82) is 0 Å². The monoisotopic (exact) mass is 328 g/mol. The van der Waals surface area contributed by atoms with Crippen molar-refractivity contribution in [3.05, 3.63) is 0 Å². The molecule has 0 bridgehead atoms. The van der Waals surface area contributed by atoms with Crippen molar-refractivity contribution in [3.8, 4) is 0 Å². The molecule has 0 saturated carbocycles. The Morgan fingerprint density at radius 2 is 1.87 bits per heavy atom. The highest BCUT2D eigenvalue weighted by molar-refractivity contribution is 5.82. The molecule has 1 aliphatic heterocycles. The molecule has 1 aliphatic rings. The number of rotatable bonds is 7. The molecule has 1 saturated heterocycles. The van der Waals surface area contributed by atoms with Crippen LogP contribution in [0.1, 0.15) is 34.1 Å². The molecule has 0 radical (unpaired) electrons. The molecule has 1 heterocycles. The minimum atomic E-state index is -0.450. The van der Waals surface area contributed by atoms with E-state index >= 15 is 0 Å². The summed E-state index contributed by atoms with van der Waals surface area (Å²) >= 11 is 0. The Bertz CT molecular complexity index is 387. The van der Waals surface area contributed by atoms with Crippen LogP contribution in [0.5, 0.6) is 0 Å². The highest BCUT2D eigenvalue weighted by Gasteiger charge is 2.29. The molecule has 0 aromatic rings. The highest BCUT2D eigenvalue weighted by Crippen LogP contribution is 2.19. The van der Waals surface area contributed by atoms with Crippen LogP contribution in [-0.4, -0.2) is 74.7 Å². The Balaban J connectivity index is 2.56. The SMILES string of the molecule is COC(=O)C(C)CN(CCCN1CCOCC1)C(=O)C(C)(C)C. The maximum Gasteiger partial charge on any atom is 0.310 e. The van der Waals surface area contributed by atoms with Crippen LogP contribution < -0.4 is 0 Å². The summed E-state index contributed by atoms with van der Waals surface area (Å²) in [6.45, 7) is 13.0. The van der Waals surface area contributed by atoms with E-state index in [1.807, 2.05) is 25.7 Å². The van der Waals surface area contributed by atoms with E-state index in [2.05, 4.69) is 4.90 Å². The molecule has 0 aliphatic carbocycles. The Morgan fingerprint density at radius 3 is 2.39 bits per heavy atom. The van der Waals surface area contributed by atoms with Crippen molar-refractivity contribution in [1.82, 2.24) is 9.80 Å². The lowest BCUT2D eigenvalue weighted by atomic mass is 9.94. The zero-order chi connectivity index (χ0) is 17.5. The van der Waals surface area contributed by atoms with Crippen molar-refractivity contribution < 1.29 is 19.1 Å². The molecule has 1 atom stereocenters. The van der Waals surface area contributed by atoms with Crippen LogP contribution in [-0.2, 0) is 19.1 Å². The van der Waals surface area contributed by atoms with Gasteiger partial charge in [0.25, 0.3) is 0 Å². The lowest BCUT2D eigenvalue weighted by Gasteiger charge is -2.32. The van der Waals surface area contributed by atoms with E-state index in [0.29, 0.717) is 13.1 Å². The summed E-state index contributed by atoms with van der Waals surface area (Å²) < 4.78 is 10.1. The predicted molar refractivity (Wildman–Crippen MR) is 89.1 cm³/mol. The molecule has 0 spiro atoms. The number of carbonyl (C=O) groups is 2. The van der Waals surface area contributed by atoms with Crippen LogP contribution in [0.15, 0.2) is 0 Å². The molecule has 1 unspecified atom stereocenters. The molecule has 6 nitrogen and oxygen atoms in total. The van der Waals surface area contributed by atoms with Crippen LogP contribution in [0.3, 0.4) is 0 Å². The van der Waals surface area contributed by atoms with E-state index in [9.17, 15) is 9.59 Å². The van der Waals surface area contributed by atoms with Gasteiger partial charge in [0.2, 0.25) is 5.91 Å². The smallest absolute Gasteiger partial charge is 0.310 e. The zero-order valence-corrected chi connectivity index (χ0v) is 15.3. The van der Waals surface area contributed by atoms with E-state index in [1.54, 1.807) is 6.92 Å². The minimum absolute atomic E-state index is 0.0789. The molecular weight excluding hydrogens is 296 g/mol. The number of esters is 1. The summed E-state index contributed by atoms with van der Waals surface area (Å²) in [7, 11) is 1.38. The van der Waals surface area contributed by atoms with Gasteiger partial charge in [0.1, 0.15) is 0 Å². The number of ether oxygens (including phenoxy) is 2. The maximum atomic E-state index is 12.6. The van der Waals surface area contributed by atoms with Crippen molar-refractivity contribution in [3.63, 3.8) is 0 Å². The van der Waals surface area contributed by atoms with Crippen LogP contribution in [0.2, 0.25) is 0 Å². The summed E-state index contributed by atoms with van der Waals surface area (Å²) in [4.78, 5) is 28.5. The molecule has 1 amide bonds. The van der Waals surface area contributed by atoms with Crippen molar-refractivity contribution in [2.24, 2.45) is 11.3 Å². The van der Waals surface area contributed by atoms with E-state index < -0.39 is 5.41 Å². The number of hydrogen-bond acceptors (Lipinski definition) is 5. The first-order chi connectivity index (χ1) is 10.8. The van der Waals surface area contributed by atoms with Gasteiger partial charge in [0.05, 0.1) is 26.2 Å². The second-order valence-electron chi connectivity index (χ2n) is 7.23. The summed E-state index contributed by atoms with van der Waals surface area (Å²) in [6, 6.07) is 0. The van der Waals surface area contributed by atoms with Gasteiger partial charge in [-0.2, -0.15) is 0 Å². The van der Waals surface area contributed by atoms with Gasteiger partial charge in [-0.15, -0.1) is 0 Å². The number of carbonyl (C=O) groups excluding carboxylic acids is 2. The number of nitrogens with zero attached hydrogens (tertiary/aromatic N) is 2. The minimum Gasteiger partial charge on any atom is -0.469 e. The summed E-state index contributed by atoms with van der Waals surface area (Å²) in [5, 5.41) is 0. The molecule has 134 valence electrons. The molecule has 0 aromatic carbocycles. The van der Waals surface area contributed by atoms with Crippen molar-refractivity contribution in [2.45, 2.75) is 34.1 Å². The quantitative estimate of drug-likeness (QED) is 0.661. The number of morpholine rings is 1. The normalized spacial score (nSPS) is 17.6. The zero-order valence-electron chi connectivity index (χ0n) is 15.3. The van der Waals surface area contributed by atoms with Gasteiger partial charge in [0, 0.05) is 38.1 Å². The van der Waals surface area contributed by atoms with Crippen LogP contribution in [0.4, 0.5) is 0 Å².